The number of halogens is 1. The number of aryl methyl sites for hydroxylation is 1. The van der Waals surface area contributed by atoms with Crippen LogP contribution in [0.25, 0.3) is 0 Å². The molecule has 1 unspecified atom stereocenters. The fraction of sp³-hybridized carbons (Fsp3) is 0.739. The van der Waals surface area contributed by atoms with Crippen LogP contribution in [0.1, 0.15) is 52.0 Å². The maximum Gasteiger partial charge on any atom is 0.134 e. The van der Waals surface area contributed by atoms with Gasteiger partial charge in [-0.3, -0.25) is 4.90 Å². The van der Waals surface area contributed by atoms with E-state index in [0.717, 1.165) is 12.5 Å². The highest BCUT2D eigenvalue weighted by Crippen LogP contribution is 2.39. The van der Waals surface area contributed by atoms with E-state index in [2.05, 4.69) is 25.7 Å². The van der Waals surface area contributed by atoms with E-state index in [-0.39, 0.29) is 19.0 Å². The van der Waals surface area contributed by atoms with E-state index in [1.54, 1.807) is 19.1 Å². The number of nitrogens with zero attached hydrogens (tertiary/aromatic N) is 1. The van der Waals surface area contributed by atoms with Crippen molar-refractivity contribution < 1.29 is 19.0 Å². The summed E-state index contributed by atoms with van der Waals surface area (Å²) in [5, 5.41) is 11.2. The summed E-state index contributed by atoms with van der Waals surface area (Å²) in [6.07, 6.45) is 4.84. The van der Waals surface area contributed by atoms with Gasteiger partial charge in [-0.25, -0.2) is 4.39 Å². The average molecular weight is 394 g/mol. The molecule has 2 fully saturated rings. The minimum Gasteiger partial charge on any atom is -0.490 e. The molecule has 4 nitrogen and oxygen atoms in total. The molecule has 1 aromatic carbocycles. The van der Waals surface area contributed by atoms with E-state index in [1.807, 2.05) is 0 Å². The molecule has 28 heavy (non-hydrogen) atoms. The first kappa shape index (κ1) is 21.5. The topological polar surface area (TPSA) is 41.9 Å². The number of β-amino-alcohol motifs (C(OH)–C–C–N with tert-alkyl or cyclic N) is 1. The Morgan fingerprint density at radius 3 is 2.61 bits per heavy atom. The highest BCUT2D eigenvalue weighted by Gasteiger charge is 2.38. The van der Waals surface area contributed by atoms with Crippen molar-refractivity contribution in [1.29, 1.82) is 0 Å². The Hall–Kier alpha value is -1.17. The Balaban J connectivity index is 1.59. The Morgan fingerprint density at radius 1 is 1.25 bits per heavy atom. The summed E-state index contributed by atoms with van der Waals surface area (Å²) >= 11 is 0. The Bertz CT molecular complexity index is 652. The van der Waals surface area contributed by atoms with Gasteiger partial charge in [-0.15, -0.1) is 0 Å². The van der Waals surface area contributed by atoms with Crippen LogP contribution in [-0.4, -0.2) is 54.6 Å². The van der Waals surface area contributed by atoms with Crippen molar-refractivity contribution in [3.8, 4) is 5.75 Å². The van der Waals surface area contributed by atoms with Gasteiger partial charge in [-0.05, 0) is 67.7 Å². The number of hydrogen-bond acceptors (Lipinski definition) is 4. The molecule has 1 saturated carbocycles. The van der Waals surface area contributed by atoms with Gasteiger partial charge in [0.1, 0.15) is 23.8 Å². The molecular weight excluding hydrogens is 357 g/mol. The Labute approximate surface area is 169 Å². The molecule has 1 aliphatic heterocycles. The second-order valence-electron chi connectivity index (χ2n) is 9.82. The van der Waals surface area contributed by atoms with Crippen molar-refractivity contribution in [2.75, 3.05) is 32.9 Å². The predicted molar refractivity (Wildman–Crippen MR) is 109 cm³/mol. The second kappa shape index (κ2) is 8.68. The third-order valence-corrected chi connectivity index (χ3v) is 6.47. The van der Waals surface area contributed by atoms with Crippen LogP contribution in [0.15, 0.2) is 18.2 Å². The standard InChI is InChI=1S/C23H36FNO3/c1-17-13-20(9-10-21(17)24)28-16-23(26)14-25(11-12-27-15-23)19-7-5-18(6-8-19)22(2,3)4/h9-10,13,18-19,26H,5-8,11-12,14-16H2,1-4H3. The van der Waals surface area contributed by atoms with Crippen molar-refractivity contribution in [3.05, 3.63) is 29.6 Å². The van der Waals surface area contributed by atoms with Gasteiger partial charge in [-0.1, -0.05) is 20.8 Å². The number of hydrogen-bond donors (Lipinski definition) is 1. The molecular formula is C23H36FNO3. The van der Waals surface area contributed by atoms with Gasteiger partial charge in [0.15, 0.2) is 0 Å². The van der Waals surface area contributed by atoms with Gasteiger partial charge < -0.3 is 14.6 Å². The quantitative estimate of drug-likeness (QED) is 0.833. The van der Waals surface area contributed by atoms with E-state index < -0.39 is 5.60 Å². The van der Waals surface area contributed by atoms with Crippen molar-refractivity contribution >= 4 is 0 Å². The van der Waals surface area contributed by atoms with E-state index in [0.29, 0.717) is 35.9 Å². The molecule has 1 saturated heterocycles. The summed E-state index contributed by atoms with van der Waals surface area (Å²) in [5.41, 5.74) is -0.146. The molecule has 0 radical (unpaired) electrons. The lowest BCUT2D eigenvalue weighted by Crippen LogP contribution is -2.52. The SMILES string of the molecule is Cc1cc(OCC2(O)COCCN(C3CCC(C(C)(C)C)CC3)C2)ccc1F. The first-order valence-electron chi connectivity index (χ1n) is 10.6. The van der Waals surface area contributed by atoms with Crippen molar-refractivity contribution in [3.63, 3.8) is 0 Å². The third kappa shape index (κ3) is 5.46. The molecule has 0 amide bonds. The highest BCUT2D eigenvalue weighted by molar-refractivity contribution is 5.28. The van der Waals surface area contributed by atoms with Crippen molar-refractivity contribution in [1.82, 2.24) is 4.90 Å². The number of ether oxygens (including phenoxy) is 2. The fourth-order valence-electron chi connectivity index (χ4n) is 4.58. The zero-order chi connectivity index (χ0) is 20.4. The largest absolute Gasteiger partial charge is 0.490 e. The molecule has 158 valence electrons. The predicted octanol–water partition coefficient (Wildman–Crippen LogP) is 4.18. The van der Waals surface area contributed by atoms with Gasteiger partial charge in [-0.2, -0.15) is 0 Å². The highest BCUT2D eigenvalue weighted by atomic mass is 19.1. The summed E-state index contributed by atoms with van der Waals surface area (Å²) in [7, 11) is 0. The molecule has 5 heteroatoms. The van der Waals surface area contributed by atoms with Crippen LogP contribution in [0.2, 0.25) is 0 Å². The maximum atomic E-state index is 13.4. The van der Waals surface area contributed by atoms with Crippen molar-refractivity contribution in [2.45, 2.75) is 65.0 Å². The molecule has 1 aliphatic carbocycles. The molecule has 2 aliphatic rings. The van der Waals surface area contributed by atoms with Gasteiger partial charge in [0.25, 0.3) is 0 Å². The summed E-state index contributed by atoms with van der Waals surface area (Å²) in [4.78, 5) is 2.39. The minimum absolute atomic E-state index is 0.145. The zero-order valence-corrected chi connectivity index (χ0v) is 17.8. The third-order valence-electron chi connectivity index (χ3n) is 6.47. The lowest BCUT2D eigenvalue weighted by molar-refractivity contribution is -0.0691. The molecule has 3 rings (SSSR count). The summed E-state index contributed by atoms with van der Waals surface area (Å²) < 4.78 is 25.0. The van der Waals surface area contributed by atoms with E-state index >= 15 is 0 Å². The zero-order valence-electron chi connectivity index (χ0n) is 17.8. The van der Waals surface area contributed by atoms with Crippen LogP contribution in [0.3, 0.4) is 0 Å². The second-order valence-corrected chi connectivity index (χ2v) is 9.82. The normalized spacial score (nSPS) is 30.1. The molecule has 1 atom stereocenters. The van der Waals surface area contributed by atoms with Crippen LogP contribution < -0.4 is 4.74 Å². The van der Waals surface area contributed by atoms with Gasteiger partial charge in [0.05, 0.1) is 13.2 Å². The first-order valence-corrected chi connectivity index (χ1v) is 10.6. The monoisotopic (exact) mass is 393 g/mol. The first-order chi connectivity index (χ1) is 13.2. The smallest absolute Gasteiger partial charge is 0.134 e. The lowest BCUT2D eigenvalue weighted by Gasteiger charge is -2.42. The Kier molecular flexibility index (Phi) is 6.68. The van der Waals surface area contributed by atoms with Crippen LogP contribution >= 0.6 is 0 Å². The number of benzene rings is 1. The van der Waals surface area contributed by atoms with Crippen LogP contribution in [-0.2, 0) is 4.74 Å². The fourth-order valence-corrected chi connectivity index (χ4v) is 4.58. The van der Waals surface area contributed by atoms with E-state index in [1.165, 1.54) is 31.7 Å². The van der Waals surface area contributed by atoms with Crippen LogP contribution in [0.5, 0.6) is 5.75 Å². The molecule has 0 aromatic heterocycles. The van der Waals surface area contributed by atoms with Gasteiger partial charge >= 0.3 is 0 Å². The van der Waals surface area contributed by atoms with E-state index in [4.69, 9.17) is 9.47 Å². The molecule has 1 N–H and O–H groups in total. The van der Waals surface area contributed by atoms with Gasteiger partial charge in [0, 0.05) is 19.1 Å². The maximum absolute atomic E-state index is 13.4. The minimum atomic E-state index is -1.06. The number of aliphatic hydroxyl groups is 1. The number of rotatable bonds is 4. The lowest BCUT2D eigenvalue weighted by atomic mass is 9.71. The van der Waals surface area contributed by atoms with E-state index in [9.17, 15) is 9.50 Å². The average Bonchev–Trinajstić information content (AvgIpc) is 2.84. The summed E-state index contributed by atoms with van der Waals surface area (Å²) in [5.74, 6) is 1.10. The van der Waals surface area contributed by atoms with Crippen LogP contribution in [0, 0.1) is 24.1 Å². The Morgan fingerprint density at radius 2 is 1.96 bits per heavy atom. The van der Waals surface area contributed by atoms with Crippen LogP contribution in [0.4, 0.5) is 4.39 Å². The van der Waals surface area contributed by atoms with Gasteiger partial charge in [0.2, 0.25) is 0 Å². The molecule has 0 spiro atoms. The van der Waals surface area contributed by atoms with Crippen molar-refractivity contribution in [2.24, 2.45) is 11.3 Å². The molecule has 1 aromatic rings. The summed E-state index contributed by atoms with van der Waals surface area (Å²) in [6, 6.07) is 5.18. The summed E-state index contributed by atoms with van der Waals surface area (Å²) in [6.45, 7) is 11.2. The molecule has 1 heterocycles. The molecule has 0 bridgehead atoms.